The Balaban J connectivity index is 2.16. The van der Waals surface area contributed by atoms with Crippen molar-refractivity contribution in [1.29, 1.82) is 0 Å². The minimum Gasteiger partial charge on any atom is -0.0839 e. The third-order valence-electron chi connectivity index (χ3n) is 4.22. The molecular formula is C15H18. The lowest BCUT2D eigenvalue weighted by Gasteiger charge is -2.28. The Hall–Kier alpha value is -1.04. The van der Waals surface area contributed by atoms with E-state index in [2.05, 4.69) is 44.2 Å². The SMILES string of the molecule is CC1(C)C2=CC=CCC2C2=C1CCC=C2. The Morgan fingerprint density at radius 2 is 2.13 bits per heavy atom. The predicted molar refractivity (Wildman–Crippen MR) is 64.5 cm³/mol. The zero-order valence-electron chi connectivity index (χ0n) is 9.59. The molecule has 0 aliphatic heterocycles. The van der Waals surface area contributed by atoms with E-state index >= 15 is 0 Å². The van der Waals surface area contributed by atoms with Crippen molar-refractivity contribution in [2.75, 3.05) is 0 Å². The molecule has 0 N–H and O–H groups in total. The van der Waals surface area contributed by atoms with E-state index in [-0.39, 0.29) is 0 Å². The van der Waals surface area contributed by atoms with Crippen molar-refractivity contribution in [2.24, 2.45) is 11.3 Å². The van der Waals surface area contributed by atoms with Crippen molar-refractivity contribution in [3.63, 3.8) is 0 Å². The fourth-order valence-electron chi connectivity index (χ4n) is 3.42. The fourth-order valence-corrected chi connectivity index (χ4v) is 3.42. The number of rotatable bonds is 0. The van der Waals surface area contributed by atoms with Gasteiger partial charge >= 0.3 is 0 Å². The molecule has 0 heteroatoms. The van der Waals surface area contributed by atoms with Gasteiger partial charge in [-0.3, -0.25) is 0 Å². The van der Waals surface area contributed by atoms with Crippen molar-refractivity contribution in [1.82, 2.24) is 0 Å². The highest BCUT2D eigenvalue weighted by Crippen LogP contribution is 2.55. The molecule has 0 aromatic carbocycles. The highest BCUT2D eigenvalue weighted by atomic mass is 14.5. The summed E-state index contributed by atoms with van der Waals surface area (Å²) in [7, 11) is 0. The molecule has 0 aromatic heterocycles. The van der Waals surface area contributed by atoms with Crippen molar-refractivity contribution in [3.05, 3.63) is 47.1 Å². The zero-order valence-corrected chi connectivity index (χ0v) is 9.59. The van der Waals surface area contributed by atoms with Gasteiger partial charge in [0.05, 0.1) is 0 Å². The molecule has 0 radical (unpaired) electrons. The average Bonchev–Trinajstić information content (AvgIpc) is 2.51. The van der Waals surface area contributed by atoms with Crippen molar-refractivity contribution >= 4 is 0 Å². The van der Waals surface area contributed by atoms with E-state index < -0.39 is 0 Å². The van der Waals surface area contributed by atoms with Gasteiger partial charge in [0.25, 0.3) is 0 Å². The van der Waals surface area contributed by atoms with Gasteiger partial charge in [0.1, 0.15) is 0 Å². The number of hydrogen-bond donors (Lipinski definition) is 0. The topological polar surface area (TPSA) is 0 Å². The van der Waals surface area contributed by atoms with E-state index in [1.807, 2.05) is 0 Å². The van der Waals surface area contributed by atoms with Crippen LogP contribution in [-0.4, -0.2) is 0 Å². The molecule has 3 rings (SSSR count). The lowest BCUT2D eigenvalue weighted by Crippen LogP contribution is -2.16. The molecule has 0 amide bonds. The van der Waals surface area contributed by atoms with Gasteiger partial charge in [-0.15, -0.1) is 0 Å². The maximum Gasteiger partial charge on any atom is 0.00942 e. The van der Waals surface area contributed by atoms with Crippen LogP contribution in [0.15, 0.2) is 47.1 Å². The standard InChI is InChI=1S/C15H18/c1-15(2)13-9-5-3-7-11(13)12-8-4-6-10-14(12)15/h3-5,8-9,11H,6-7,10H2,1-2H3. The van der Waals surface area contributed by atoms with E-state index in [4.69, 9.17) is 0 Å². The molecule has 1 unspecified atom stereocenters. The zero-order chi connectivity index (χ0) is 10.5. The number of hydrogen-bond acceptors (Lipinski definition) is 0. The van der Waals surface area contributed by atoms with E-state index in [1.165, 1.54) is 19.3 Å². The van der Waals surface area contributed by atoms with Crippen LogP contribution in [0.3, 0.4) is 0 Å². The summed E-state index contributed by atoms with van der Waals surface area (Å²) < 4.78 is 0. The quantitative estimate of drug-likeness (QED) is 0.548. The summed E-state index contributed by atoms with van der Waals surface area (Å²) >= 11 is 0. The first-order chi connectivity index (χ1) is 7.21. The number of fused-ring (bicyclic) bond motifs is 2. The minimum atomic E-state index is 0.315. The Labute approximate surface area is 92.1 Å². The second-order valence-electron chi connectivity index (χ2n) is 5.34. The largest absolute Gasteiger partial charge is 0.0839 e. The Kier molecular flexibility index (Phi) is 1.83. The molecule has 0 spiro atoms. The third kappa shape index (κ3) is 1.14. The van der Waals surface area contributed by atoms with Crippen molar-refractivity contribution < 1.29 is 0 Å². The summed E-state index contributed by atoms with van der Waals surface area (Å²) in [5, 5.41) is 0. The first kappa shape index (κ1) is 9.21. The van der Waals surface area contributed by atoms with Gasteiger partial charge in [-0.1, -0.05) is 55.4 Å². The molecule has 0 saturated heterocycles. The summed E-state index contributed by atoms with van der Waals surface area (Å²) in [6, 6.07) is 0. The molecule has 0 nitrogen and oxygen atoms in total. The normalized spacial score (nSPS) is 31.3. The Morgan fingerprint density at radius 3 is 3.00 bits per heavy atom. The van der Waals surface area contributed by atoms with E-state index in [0.717, 1.165) is 0 Å². The van der Waals surface area contributed by atoms with Gasteiger partial charge in [-0.25, -0.2) is 0 Å². The van der Waals surface area contributed by atoms with Gasteiger partial charge in [0.2, 0.25) is 0 Å². The van der Waals surface area contributed by atoms with Gasteiger partial charge in [0.15, 0.2) is 0 Å². The fraction of sp³-hybridized carbons (Fsp3) is 0.467. The molecule has 15 heavy (non-hydrogen) atoms. The second kappa shape index (κ2) is 2.98. The molecule has 78 valence electrons. The van der Waals surface area contributed by atoms with Crippen LogP contribution in [0.25, 0.3) is 0 Å². The van der Waals surface area contributed by atoms with Crippen LogP contribution in [0, 0.1) is 11.3 Å². The smallest absolute Gasteiger partial charge is 0.00942 e. The van der Waals surface area contributed by atoms with Crippen LogP contribution in [0.4, 0.5) is 0 Å². The molecular weight excluding hydrogens is 180 g/mol. The van der Waals surface area contributed by atoms with Crippen LogP contribution in [0.2, 0.25) is 0 Å². The lowest BCUT2D eigenvalue weighted by molar-refractivity contribution is 0.506. The molecule has 0 heterocycles. The van der Waals surface area contributed by atoms with Gasteiger partial charge in [-0.2, -0.15) is 0 Å². The molecule has 3 aliphatic carbocycles. The molecule has 0 aromatic rings. The highest BCUT2D eigenvalue weighted by molar-refractivity contribution is 5.53. The Morgan fingerprint density at radius 1 is 1.27 bits per heavy atom. The van der Waals surface area contributed by atoms with Gasteiger partial charge < -0.3 is 0 Å². The Bertz CT molecular complexity index is 413. The molecule has 0 bridgehead atoms. The van der Waals surface area contributed by atoms with Crippen LogP contribution < -0.4 is 0 Å². The third-order valence-corrected chi connectivity index (χ3v) is 4.22. The molecule has 1 atom stereocenters. The number of allylic oxidation sites excluding steroid dienone is 8. The van der Waals surface area contributed by atoms with Crippen LogP contribution in [-0.2, 0) is 0 Å². The first-order valence-electron chi connectivity index (χ1n) is 5.98. The van der Waals surface area contributed by atoms with Crippen molar-refractivity contribution in [2.45, 2.75) is 33.1 Å². The van der Waals surface area contributed by atoms with Crippen LogP contribution in [0.5, 0.6) is 0 Å². The average molecular weight is 198 g/mol. The summed E-state index contributed by atoms with van der Waals surface area (Å²) in [5.41, 5.74) is 5.28. The van der Waals surface area contributed by atoms with E-state index in [9.17, 15) is 0 Å². The summed E-state index contributed by atoms with van der Waals surface area (Å²) in [6.07, 6.45) is 15.3. The molecule has 0 saturated carbocycles. The maximum absolute atomic E-state index is 2.40. The monoisotopic (exact) mass is 198 g/mol. The highest BCUT2D eigenvalue weighted by Gasteiger charge is 2.42. The van der Waals surface area contributed by atoms with Crippen LogP contribution in [0.1, 0.15) is 33.1 Å². The van der Waals surface area contributed by atoms with Crippen molar-refractivity contribution in [3.8, 4) is 0 Å². The first-order valence-corrected chi connectivity index (χ1v) is 5.98. The summed E-state index contributed by atoms with van der Waals surface area (Å²) in [5.74, 6) is 0.691. The molecule has 0 fully saturated rings. The summed E-state index contributed by atoms with van der Waals surface area (Å²) in [4.78, 5) is 0. The second-order valence-corrected chi connectivity index (χ2v) is 5.34. The van der Waals surface area contributed by atoms with E-state index in [0.29, 0.717) is 11.3 Å². The van der Waals surface area contributed by atoms with Crippen LogP contribution >= 0.6 is 0 Å². The summed E-state index contributed by atoms with van der Waals surface area (Å²) in [6.45, 7) is 4.79. The minimum absolute atomic E-state index is 0.315. The molecule has 3 aliphatic rings. The maximum atomic E-state index is 2.40. The lowest BCUT2D eigenvalue weighted by atomic mass is 9.76. The van der Waals surface area contributed by atoms with E-state index in [1.54, 1.807) is 16.7 Å². The predicted octanol–water partition coefficient (Wildman–Crippen LogP) is 4.18. The van der Waals surface area contributed by atoms with Gasteiger partial charge in [0, 0.05) is 11.3 Å². The van der Waals surface area contributed by atoms with Gasteiger partial charge in [-0.05, 0) is 24.8 Å².